The molecule has 1 aromatic heterocycles. The first-order chi connectivity index (χ1) is 10.8. The molecule has 3 unspecified atom stereocenters. The molecule has 3 atom stereocenters. The molecule has 0 bridgehead atoms. The van der Waals surface area contributed by atoms with Gasteiger partial charge >= 0.3 is 0 Å². The van der Waals surface area contributed by atoms with E-state index in [1.807, 2.05) is 0 Å². The van der Waals surface area contributed by atoms with E-state index in [1.165, 1.54) is 0 Å². The van der Waals surface area contributed by atoms with Crippen LogP contribution in [0, 0.1) is 5.92 Å². The SMILES string of the molecule is CN=C(NCC(C)(O)c1ccco1)NC1CN(C(C)C)CC1C.I. The molecule has 0 saturated carbocycles. The third-order valence-electron chi connectivity index (χ3n) is 4.57. The molecule has 7 heteroatoms. The molecule has 2 heterocycles. The van der Waals surface area contributed by atoms with E-state index < -0.39 is 5.60 Å². The van der Waals surface area contributed by atoms with Crippen molar-refractivity contribution in [2.75, 3.05) is 26.7 Å². The van der Waals surface area contributed by atoms with Gasteiger partial charge in [0.2, 0.25) is 0 Å². The number of nitrogens with one attached hydrogen (secondary N) is 2. The van der Waals surface area contributed by atoms with E-state index in [-0.39, 0.29) is 24.0 Å². The molecule has 6 nitrogen and oxygen atoms in total. The summed E-state index contributed by atoms with van der Waals surface area (Å²) in [6, 6.07) is 4.46. The number of likely N-dealkylation sites (tertiary alicyclic amines) is 1. The number of furan rings is 1. The third kappa shape index (κ3) is 5.35. The van der Waals surface area contributed by atoms with Gasteiger partial charge in [-0.3, -0.25) is 9.89 Å². The molecular weight excluding hydrogens is 419 g/mol. The molecule has 1 aromatic rings. The van der Waals surface area contributed by atoms with Crippen molar-refractivity contribution in [3.63, 3.8) is 0 Å². The van der Waals surface area contributed by atoms with Crippen LogP contribution in [0.5, 0.6) is 0 Å². The fourth-order valence-electron chi connectivity index (χ4n) is 2.91. The lowest BCUT2D eigenvalue weighted by Gasteiger charge is -2.25. The summed E-state index contributed by atoms with van der Waals surface area (Å²) in [7, 11) is 1.75. The highest BCUT2D eigenvalue weighted by Gasteiger charge is 2.32. The Kier molecular flexibility index (Phi) is 8.01. The van der Waals surface area contributed by atoms with Gasteiger partial charge in [0.1, 0.15) is 11.4 Å². The number of guanidine groups is 1. The Morgan fingerprint density at radius 1 is 1.50 bits per heavy atom. The second kappa shape index (κ2) is 9.05. The van der Waals surface area contributed by atoms with Crippen LogP contribution in [0.25, 0.3) is 0 Å². The van der Waals surface area contributed by atoms with Gasteiger partial charge in [-0.1, -0.05) is 6.92 Å². The number of aliphatic imine (C=N–C) groups is 1. The van der Waals surface area contributed by atoms with E-state index in [9.17, 15) is 5.11 Å². The van der Waals surface area contributed by atoms with Crippen molar-refractivity contribution in [2.45, 2.75) is 45.4 Å². The van der Waals surface area contributed by atoms with Gasteiger partial charge in [0.25, 0.3) is 0 Å². The van der Waals surface area contributed by atoms with Gasteiger partial charge in [-0.15, -0.1) is 24.0 Å². The van der Waals surface area contributed by atoms with Crippen molar-refractivity contribution < 1.29 is 9.52 Å². The number of rotatable bonds is 5. The van der Waals surface area contributed by atoms with Crippen LogP contribution in [0.15, 0.2) is 27.8 Å². The summed E-state index contributed by atoms with van der Waals surface area (Å²) in [6.07, 6.45) is 1.57. The molecule has 1 saturated heterocycles. The van der Waals surface area contributed by atoms with Crippen molar-refractivity contribution in [3.8, 4) is 0 Å². The Labute approximate surface area is 162 Å². The molecule has 1 aliphatic heterocycles. The highest BCUT2D eigenvalue weighted by Crippen LogP contribution is 2.20. The maximum absolute atomic E-state index is 10.5. The van der Waals surface area contributed by atoms with Crippen molar-refractivity contribution in [3.05, 3.63) is 24.2 Å². The Hall–Kier alpha value is -0.800. The summed E-state index contributed by atoms with van der Waals surface area (Å²) in [6.45, 7) is 10.9. The summed E-state index contributed by atoms with van der Waals surface area (Å²) >= 11 is 0. The quantitative estimate of drug-likeness (QED) is 0.364. The van der Waals surface area contributed by atoms with Gasteiger partial charge < -0.3 is 20.2 Å². The van der Waals surface area contributed by atoms with Crippen molar-refractivity contribution in [1.82, 2.24) is 15.5 Å². The maximum Gasteiger partial charge on any atom is 0.191 e. The minimum atomic E-state index is -1.08. The molecule has 0 aromatic carbocycles. The van der Waals surface area contributed by atoms with E-state index >= 15 is 0 Å². The Morgan fingerprint density at radius 3 is 2.71 bits per heavy atom. The van der Waals surface area contributed by atoms with Crippen LogP contribution in [-0.2, 0) is 5.60 Å². The van der Waals surface area contributed by atoms with Gasteiger partial charge in [-0.2, -0.15) is 0 Å². The molecule has 3 N–H and O–H groups in total. The second-order valence-corrected chi connectivity index (χ2v) is 6.95. The minimum absolute atomic E-state index is 0. The van der Waals surface area contributed by atoms with Gasteiger partial charge in [-0.25, -0.2) is 0 Å². The lowest BCUT2D eigenvalue weighted by atomic mass is 10.0. The lowest BCUT2D eigenvalue weighted by molar-refractivity contribution is 0.0385. The van der Waals surface area contributed by atoms with Crippen LogP contribution < -0.4 is 10.6 Å². The minimum Gasteiger partial charge on any atom is -0.466 e. The van der Waals surface area contributed by atoms with Crippen LogP contribution >= 0.6 is 24.0 Å². The van der Waals surface area contributed by atoms with E-state index in [1.54, 1.807) is 32.4 Å². The molecule has 0 spiro atoms. The van der Waals surface area contributed by atoms with Gasteiger partial charge in [-0.05, 0) is 38.8 Å². The molecule has 2 rings (SSSR count). The predicted octanol–water partition coefficient (Wildman–Crippen LogP) is 2.00. The van der Waals surface area contributed by atoms with Crippen molar-refractivity contribution >= 4 is 29.9 Å². The van der Waals surface area contributed by atoms with E-state index in [2.05, 4.69) is 41.3 Å². The molecule has 1 fully saturated rings. The normalized spacial score (nSPS) is 24.5. The summed E-state index contributed by atoms with van der Waals surface area (Å²) in [4.78, 5) is 6.74. The van der Waals surface area contributed by atoms with Gasteiger partial charge in [0.15, 0.2) is 5.96 Å². The average Bonchev–Trinajstić information content (AvgIpc) is 3.14. The predicted molar refractivity (Wildman–Crippen MR) is 108 cm³/mol. The molecule has 0 radical (unpaired) electrons. The highest BCUT2D eigenvalue weighted by atomic mass is 127. The number of hydrogen-bond donors (Lipinski definition) is 3. The molecule has 24 heavy (non-hydrogen) atoms. The van der Waals surface area contributed by atoms with Gasteiger partial charge in [0, 0.05) is 32.2 Å². The Bertz CT molecular complexity index is 517. The number of hydrogen-bond acceptors (Lipinski definition) is 4. The zero-order valence-electron chi connectivity index (χ0n) is 15.2. The zero-order valence-corrected chi connectivity index (χ0v) is 17.6. The third-order valence-corrected chi connectivity index (χ3v) is 4.57. The Balaban J connectivity index is 0.00000288. The first-order valence-electron chi connectivity index (χ1n) is 8.31. The Morgan fingerprint density at radius 2 is 2.21 bits per heavy atom. The number of aliphatic hydroxyl groups is 1. The highest BCUT2D eigenvalue weighted by molar-refractivity contribution is 14.0. The van der Waals surface area contributed by atoms with Crippen LogP contribution in [0.2, 0.25) is 0 Å². The first-order valence-corrected chi connectivity index (χ1v) is 8.31. The van der Waals surface area contributed by atoms with Crippen LogP contribution in [0.3, 0.4) is 0 Å². The summed E-state index contributed by atoms with van der Waals surface area (Å²) < 4.78 is 5.30. The van der Waals surface area contributed by atoms with Crippen molar-refractivity contribution in [1.29, 1.82) is 0 Å². The molecule has 138 valence electrons. The fourth-order valence-corrected chi connectivity index (χ4v) is 2.91. The largest absolute Gasteiger partial charge is 0.466 e. The number of halogens is 1. The van der Waals surface area contributed by atoms with Crippen molar-refractivity contribution in [2.24, 2.45) is 10.9 Å². The fraction of sp³-hybridized carbons (Fsp3) is 0.706. The van der Waals surface area contributed by atoms with E-state index in [0.717, 1.165) is 13.1 Å². The van der Waals surface area contributed by atoms with Crippen LogP contribution in [-0.4, -0.2) is 54.7 Å². The zero-order chi connectivity index (χ0) is 17.0. The van der Waals surface area contributed by atoms with Crippen LogP contribution in [0.1, 0.15) is 33.5 Å². The average molecular weight is 450 g/mol. The summed E-state index contributed by atoms with van der Waals surface area (Å²) in [5.41, 5.74) is -1.08. The number of nitrogens with zero attached hydrogens (tertiary/aromatic N) is 2. The molecule has 0 amide bonds. The summed E-state index contributed by atoms with van der Waals surface area (Å²) in [5, 5.41) is 17.2. The maximum atomic E-state index is 10.5. The van der Waals surface area contributed by atoms with Crippen LogP contribution in [0.4, 0.5) is 0 Å². The van der Waals surface area contributed by atoms with E-state index in [0.29, 0.717) is 36.3 Å². The lowest BCUT2D eigenvalue weighted by Crippen LogP contribution is -2.49. The topological polar surface area (TPSA) is 73.0 Å². The molecule has 0 aliphatic carbocycles. The molecule has 1 aliphatic rings. The van der Waals surface area contributed by atoms with Gasteiger partial charge in [0.05, 0.1) is 12.8 Å². The molecular formula is C17H31IN4O2. The standard InChI is InChI=1S/C17H30N4O2.HI/c1-12(2)21-9-13(3)14(10-21)20-16(18-5)19-11-17(4,22)15-7-6-8-23-15;/h6-8,12-14,22H,9-11H2,1-5H3,(H2,18,19,20);1H. The summed E-state index contributed by atoms with van der Waals surface area (Å²) in [5.74, 6) is 1.81. The monoisotopic (exact) mass is 450 g/mol. The smallest absolute Gasteiger partial charge is 0.191 e. The van der Waals surface area contributed by atoms with E-state index in [4.69, 9.17) is 4.42 Å². The first kappa shape index (κ1) is 21.2. The second-order valence-electron chi connectivity index (χ2n) is 6.95.